The van der Waals surface area contributed by atoms with E-state index >= 15 is 0 Å². The zero-order valence-electron chi connectivity index (χ0n) is 25.6. The van der Waals surface area contributed by atoms with Crippen LogP contribution in [0.3, 0.4) is 0 Å². The predicted molar refractivity (Wildman–Crippen MR) is 156 cm³/mol. The number of esters is 3. The van der Waals surface area contributed by atoms with Crippen molar-refractivity contribution in [3.8, 4) is 0 Å². The molecule has 0 fully saturated rings. The summed E-state index contributed by atoms with van der Waals surface area (Å²) in [6, 6.07) is 0. The number of carbonyl (C=O) groups is 3. The van der Waals surface area contributed by atoms with Crippen molar-refractivity contribution in [2.24, 2.45) is 5.41 Å². The number of unbranched alkanes of at least 4 members (excludes halogenated alkanes) is 15. The maximum absolute atomic E-state index is 12.4. The Labute approximate surface area is 239 Å². The largest absolute Gasteiger partial charge is 0.465 e. The van der Waals surface area contributed by atoms with Crippen molar-refractivity contribution in [1.82, 2.24) is 0 Å². The van der Waals surface area contributed by atoms with Gasteiger partial charge in [-0.3, -0.25) is 14.4 Å². The topological polar surface area (TPSA) is 99.1 Å². The van der Waals surface area contributed by atoms with E-state index in [0.717, 1.165) is 57.8 Å². The predicted octanol–water partition coefficient (Wildman–Crippen LogP) is 7.85. The van der Waals surface area contributed by atoms with Crippen molar-refractivity contribution in [2.45, 2.75) is 156 Å². The molecule has 0 heterocycles. The smallest absolute Gasteiger partial charge is 0.305 e. The van der Waals surface area contributed by atoms with Gasteiger partial charge in [-0.25, -0.2) is 0 Å². The van der Waals surface area contributed by atoms with Gasteiger partial charge in [-0.05, 0) is 19.3 Å². The molecule has 230 valence electrons. The molecule has 0 aliphatic carbocycles. The summed E-state index contributed by atoms with van der Waals surface area (Å²) in [5.74, 6) is -1.04. The molecule has 0 rings (SSSR count). The fourth-order valence-electron chi connectivity index (χ4n) is 4.33. The minimum Gasteiger partial charge on any atom is -0.465 e. The fourth-order valence-corrected chi connectivity index (χ4v) is 4.33. The highest BCUT2D eigenvalue weighted by atomic mass is 16.6. The third-order valence-corrected chi connectivity index (χ3v) is 7.16. The number of rotatable bonds is 28. The summed E-state index contributed by atoms with van der Waals surface area (Å²) < 4.78 is 16.4. The molecular weight excluding hydrogens is 496 g/mol. The van der Waals surface area contributed by atoms with Crippen LogP contribution in [0.5, 0.6) is 0 Å². The summed E-state index contributed by atoms with van der Waals surface area (Å²) in [6.07, 6.45) is 20.1. The molecule has 7 heteroatoms. The maximum atomic E-state index is 12.4. The van der Waals surface area contributed by atoms with Crippen molar-refractivity contribution in [3.63, 3.8) is 0 Å². The van der Waals surface area contributed by atoms with Gasteiger partial charge in [0.25, 0.3) is 0 Å². The molecule has 0 aromatic carbocycles. The van der Waals surface area contributed by atoms with Gasteiger partial charge in [0.15, 0.2) is 0 Å². The summed E-state index contributed by atoms with van der Waals surface area (Å²) >= 11 is 0. The van der Waals surface area contributed by atoms with Crippen LogP contribution in [0.2, 0.25) is 0 Å². The molecule has 0 saturated heterocycles. The summed E-state index contributed by atoms with van der Waals surface area (Å²) in [5, 5.41) is 10.2. The van der Waals surface area contributed by atoms with Crippen LogP contribution < -0.4 is 0 Å². The molecule has 0 unspecified atom stereocenters. The van der Waals surface area contributed by atoms with Crippen molar-refractivity contribution >= 4 is 17.9 Å². The Morgan fingerprint density at radius 2 is 0.718 bits per heavy atom. The lowest BCUT2D eigenvalue weighted by atomic mass is 9.92. The quantitative estimate of drug-likeness (QED) is 0.0595. The van der Waals surface area contributed by atoms with E-state index in [1.165, 1.54) is 57.8 Å². The third-order valence-electron chi connectivity index (χ3n) is 7.16. The van der Waals surface area contributed by atoms with Crippen LogP contribution in [0, 0.1) is 5.41 Å². The molecule has 0 saturated carbocycles. The molecule has 0 aromatic heterocycles. The Bertz CT molecular complexity index is 526. The monoisotopic (exact) mass is 556 g/mol. The Morgan fingerprint density at radius 1 is 0.462 bits per heavy atom. The van der Waals surface area contributed by atoms with Gasteiger partial charge < -0.3 is 19.3 Å². The molecule has 0 radical (unpaired) electrons. The SMILES string of the molecule is CCCCCCCCC(=O)OCC(CO)(COC(=O)CCCCCCCC)COC(=O)CCCCCCCC. The summed E-state index contributed by atoms with van der Waals surface area (Å²) in [6.45, 7) is 5.60. The number of ether oxygens (including phenoxy) is 3. The van der Waals surface area contributed by atoms with E-state index < -0.39 is 12.0 Å². The number of aliphatic hydroxyl groups is 1. The Morgan fingerprint density at radius 3 is 0.974 bits per heavy atom. The van der Waals surface area contributed by atoms with E-state index in [2.05, 4.69) is 20.8 Å². The molecule has 0 aliphatic rings. The molecule has 7 nitrogen and oxygen atoms in total. The van der Waals surface area contributed by atoms with Gasteiger partial charge in [-0.15, -0.1) is 0 Å². The van der Waals surface area contributed by atoms with E-state index in [-0.39, 0.29) is 37.7 Å². The first-order valence-electron chi connectivity index (χ1n) is 16.0. The molecule has 0 aliphatic heterocycles. The average Bonchev–Trinajstić information content (AvgIpc) is 2.94. The number of aliphatic hydroxyl groups excluding tert-OH is 1. The second-order valence-electron chi connectivity index (χ2n) is 11.2. The zero-order valence-corrected chi connectivity index (χ0v) is 25.6. The summed E-state index contributed by atoms with van der Waals surface area (Å²) in [4.78, 5) is 37.1. The highest BCUT2D eigenvalue weighted by Crippen LogP contribution is 2.21. The van der Waals surface area contributed by atoms with Gasteiger partial charge in [0, 0.05) is 19.3 Å². The van der Waals surface area contributed by atoms with Gasteiger partial charge >= 0.3 is 17.9 Å². The van der Waals surface area contributed by atoms with Gasteiger partial charge in [0.2, 0.25) is 0 Å². The first kappa shape index (κ1) is 37.4. The van der Waals surface area contributed by atoms with E-state index in [1.807, 2.05) is 0 Å². The molecular formula is C32H60O7. The minimum atomic E-state index is -1.16. The van der Waals surface area contributed by atoms with Crippen LogP contribution in [-0.2, 0) is 28.6 Å². The van der Waals surface area contributed by atoms with E-state index in [9.17, 15) is 19.5 Å². The Hall–Kier alpha value is -1.63. The highest BCUT2D eigenvalue weighted by molar-refractivity contribution is 5.70. The van der Waals surface area contributed by atoms with E-state index in [4.69, 9.17) is 14.2 Å². The molecule has 0 bridgehead atoms. The lowest BCUT2D eigenvalue weighted by molar-refractivity contribution is -0.165. The average molecular weight is 557 g/mol. The molecule has 0 spiro atoms. The van der Waals surface area contributed by atoms with Crippen molar-refractivity contribution in [2.75, 3.05) is 26.4 Å². The van der Waals surface area contributed by atoms with Gasteiger partial charge in [0.1, 0.15) is 19.8 Å². The van der Waals surface area contributed by atoms with Crippen LogP contribution in [-0.4, -0.2) is 49.4 Å². The first-order valence-corrected chi connectivity index (χ1v) is 16.0. The Balaban J connectivity index is 4.73. The van der Waals surface area contributed by atoms with Gasteiger partial charge in [-0.1, -0.05) is 117 Å². The molecule has 39 heavy (non-hydrogen) atoms. The molecule has 0 atom stereocenters. The second-order valence-corrected chi connectivity index (χ2v) is 11.2. The van der Waals surface area contributed by atoms with Crippen molar-refractivity contribution in [1.29, 1.82) is 0 Å². The maximum Gasteiger partial charge on any atom is 0.305 e. The molecule has 0 aromatic rings. The number of hydrogen-bond donors (Lipinski definition) is 1. The zero-order chi connectivity index (χ0) is 29.0. The van der Waals surface area contributed by atoms with E-state index in [1.54, 1.807) is 0 Å². The van der Waals surface area contributed by atoms with Crippen molar-refractivity contribution in [3.05, 3.63) is 0 Å². The summed E-state index contributed by atoms with van der Waals surface area (Å²) in [5.41, 5.74) is -1.16. The molecule has 1 N–H and O–H groups in total. The van der Waals surface area contributed by atoms with Gasteiger partial charge in [0.05, 0.1) is 12.0 Å². The van der Waals surface area contributed by atoms with Crippen LogP contribution in [0.1, 0.15) is 156 Å². The lowest BCUT2D eigenvalue weighted by Gasteiger charge is -2.30. The third kappa shape index (κ3) is 22.8. The summed E-state index contributed by atoms with van der Waals surface area (Å²) in [7, 11) is 0. The fraction of sp³-hybridized carbons (Fsp3) is 0.906. The first-order chi connectivity index (χ1) is 18.9. The normalized spacial score (nSPS) is 11.4. The number of carbonyl (C=O) groups excluding carboxylic acids is 3. The number of hydrogen-bond acceptors (Lipinski definition) is 7. The lowest BCUT2D eigenvalue weighted by Crippen LogP contribution is -2.42. The van der Waals surface area contributed by atoms with Crippen molar-refractivity contribution < 1.29 is 33.7 Å². The molecule has 0 amide bonds. The minimum absolute atomic E-state index is 0.160. The van der Waals surface area contributed by atoms with Gasteiger partial charge in [-0.2, -0.15) is 0 Å². The standard InChI is InChI=1S/C32H60O7/c1-4-7-10-13-16-19-22-29(34)37-26-32(25-33,27-38-30(35)23-20-17-14-11-8-5-2)28-39-31(36)24-21-18-15-12-9-6-3/h33H,4-28H2,1-3H3. The van der Waals surface area contributed by atoms with Crippen LogP contribution >= 0.6 is 0 Å². The second kappa shape index (κ2) is 26.6. The van der Waals surface area contributed by atoms with Crippen LogP contribution in [0.15, 0.2) is 0 Å². The van der Waals surface area contributed by atoms with Crippen LogP contribution in [0.4, 0.5) is 0 Å². The van der Waals surface area contributed by atoms with Crippen LogP contribution in [0.25, 0.3) is 0 Å². The van der Waals surface area contributed by atoms with E-state index in [0.29, 0.717) is 19.3 Å². The highest BCUT2D eigenvalue weighted by Gasteiger charge is 2.35. The Kier molecular flexibility index (Phi) is 25.5.